The second-order valence-corrected chi connectivity index (χ2v) is 4.02. The molecule has 1 aromatic heterocycles. The number of aromatic nitrogens is 2. The van der Waals surface area contributed by atoms with Crippen LogP contribution in [0, 0.1) is 10.1 Å². The number of carbonyl (C=O) groups is 1. The molecule has 0 bridgehead atoms. The van der Waals surface area contributed by atoms with Crippen LogP contribution in [0.1, 0.15) is 12.8 Å². The summed E-state index contributed by atoms with van der Waals surface area (Å²) in [5.74, 6) is -0.366. The van der Waals surface area contributed by atoms with Crippen molar-refractivity contribution < 1.29 is 19.6 Å². The molecule has 0 aliphatic carbocycles. The van der Waals surface area contributed by atoms with E-state index in [4.69, 9.17) is 9.84 Å². The highest BCUT2D eigenvalue weighted by Gasteiger charge is 2.10. The molecule has 0 aliphatic heterocycles. The molecule has 0 saturated carbocycles. The zero-order valence-electron chi connectivity index (χ0n) is 11.0. The summed E-state index contributed by atoms with van der Waals surface area (Å²) in [4.78, 5) is 24.9. The van der Waals surface area contributed by atoms with Gasteiger partial charge in [-0.2, -0.15) is 0 Å². The van der Waals surface area contributed by atoms with Crippen molar-refractivity contribution >= 4 is 11.7 Å². The Kier molecular flexibility index (Phi) is 7.22. The Balaban J connectivity index is 2.11. The Labute approximate surface area is 115 Å². The van der Waals surface area contributed by atoms with Crippen molar-refractivity contribution in [3.05, 3.63) is 22.6 Å². The number of nitro groups is 1. The van der Waals surface area contributed by atoms with Gasteiger partial charge in [0.15, 0.2) is 0 Å². The molecule has 1 amide bonds. The molecule has 9 nitrogen and oxygen atoms in total. The Morgan fingerprint density at radius 2 is 2.35 bits per heavy atom. The van der Waals surface area contributed by atoms with Crippen LogP contribution in [0.2, 0.25) is 0 Å². The van der Waals surface area contributed by atoms with Crippen LogP contribution in [-0.4, -0.2) is 51.9 Å². The van der Waals surface area contributed by atoms with Gasteiger partial charge in [0.05, 0.1) is 13.2 Å². The van der Waals surface area contributed by atoms with Gasteiger partial charge in [0.2, 0.25) is 12.2 Å². The summed E-state index contributed by atoms with van der Waals surface area (Å²) in [6.07, 6.45) is 3.51. The maximum Gasteiger partial charge on any atom is 0.381 e. The molecule has 1 heterocycles. The first-order valence-electron chi connectivity index (χ1n) is 6.25. The number of aryl methyl sites for hydroxylation is 1. The van der Waals surface area contributed by atoms with Gasteiger partial charge in [0.25, 0.3) is 0 Å². The molecule has 1 aromatic rings. The average Bonchev–Trinajstić information content (AvgIpc) is 2.89. The largest absolute Gasteiger partial charge is 0.394 e. The molecule has 20 heavy (non-hydrogen) atoms. The van der Waals surface area contributed by atoms with E-state index in [1.54, 1.807) is 0 Å². The average molecular weight is 286 g/mol. The number of aliphatic hydroxyl groups excluding tert-OH is 1. The number of nitrogens with one attached hydrogen (secondary N) is 1. The third kappa shape index (κ3) is 6.25. The highest BCUT2D eigenvalue weighted by Crippen LogP contribution is 2.05. The summed E-state index contributed by atoms with van der Waals surface area (Å²) in [6, 6.07) is 0. The van der Waals surface area contributed by atoms with E-state index in [-0.39, 0.29) is 24.8 Å². The number of hydrogen-bond acceptors (Lipinski definition) is 6. The maximum atomic E-state index is 11.5. The summed E-state index contributed by atoms with van der Waals surface area (Å²) in [5.41, 5.74) is 0. The van der Waals surface area contributed by atoms with E-state index >= 15 is 0 Å². The molecule has 112 valence electrons. The lowest BCUT2D eigenvalue weighted by atomic mass is 10.3. The van der Waals surface area contributed by atoms with Gasteiger partial charge in [0.1, 0.15) is 6.20 Å². The summed E-state index contributed by atoms with van der Waals surface area (Å²) < 4.78 is 6.54. The molecule has 0 fully saturated rings. The topological polar surface area (TPSA) is 120 Å². The van der Waals surface area contributed by atoms with Crippen LogP contribution in [0.4, 0.5) is 5.82 Å². The first kappa shape index (κ1) is 16.1. The predicted octanol–water partition coefficient (Wildman–Crippen LogP) is -0.303. The molecule has 0 saturated heterocycles. The second-order valence-electron chi connectivity index (χ2n) is 4.02. The van der Waals surface area contributed by atoms with Crippen molar-refractivity contribution in [1.82, 2.24) is 14.9 Å². The number of ether oxygens (including phenoxy) is 1. The highest BCUT2D eigenvalue weighted by molar-refractivity contribution is 5.75. The van der Waals surface area contributed by atoms with Crippen LogP contribution in [0.15, 0.2) is 12.5 Å². The van der Waals surface area contributed by atoms with Gasteiger partial charge >= 0.3 is 5.82 Å². The number of amides is 1. The SMILES string of the molecule is O=C(CCn1cnc([N+](=O)[O-])c1)NCCCOCCO. The third-order valence-electron chi connectivity index (χ3n) is 2.43. The van der Waals surface area contributed by atoms with Gasteiger partial charge in [-0.05, 0) is 16.3 Å². The van der Waals surface area contributed by atoms with Gasteiger partial charge < -0.3 is 29.8 Å². The fourth-order valence-electron chi connectivity index (χ4n) is 1.45. The van der Waals surface area contributed by atoms with Gasteiger partial charge in [0, 0.05) is 26.1 Å². The van der Waals surface area contributed by atoms with E-state index < -0.39 is 4.92 Å². The van der Waals surface area contributed by atoms with Crippen molar-refractivity contribution in [2.45, 2.75) is 19.4 Å². The Hall–Kier alpha value is -2.00. The molecular weight excluding hydrogens is 268 g/mol. The van der Waals surface area contributed by atoms with Crippen LogP contribution in [0.5, 0.6) is 0 Å². The number of carbonyl (C=O) groups excluding carboxylic acids is 1. The van der Waals surface area contributed by atoms with E-state index in [1.807, 2.05) is 0 Å². The van der Waals surface area contributed by atoms with Crippen LogP contribution in [-0.2, 0) is 16.1 Å². The maximum absolute atomic E-state index is 11.5. The molecule has 0 radical (unpaired) electrons. The van der Waals surface area contributed by atoms with Gasteiger partial charge in [-0.25, -0.2) is 0 Å². The Bertz CT molecular complexity index is 434. The van der Waals surface area contributed by atoms with Crippen molar-refractivity contribution in [2.24, 2.45) is 0 Å². The van der Waals surface area contributed by atoms with Gasteiger partial charge in [-0.1, -0.05) is 0 Å². The van der Waals surface area contributed by atoms with Crippen molar-refractivity contribution in [3.8, 4) is 0 Å². The lowest BCUT2D eigenvalue weighted by molar-refractivity contribution is -0.389. The molecule has 0 aliphatic rings. The summed E-state index contributed by atoms with van der Waals surface area (Å²) in [7, 11) is 0. The quantitative estimate of drug-likeness (QED) is 0.346. The molecular formula is C11H18N4O5. The first-order chi connectivity index (χ1) is 9.63. The highest BCUT2D eigenvalue weighted by atomic mass is 16.6. The van der Waals surface area contributed by atoms with Gasteiger partial charge in [-0.15, -0.1) is 0 Å². The van der Waals surface area contributed by atoms with Crippen molar-refractivity contribution in [2.75, 3.05) is 26.4 Å². The molecule has 1 rings (SSSR count). The van der Waals surface area contributed by atoms with E-state index in [9.17, 15) is 14.9 Å². The summed E-state index contributed by atoms with van der Waals surface area (Å²) in [6.45, 7) is 1.60. The van der Waals surface area contributed by atoms with Crippen LogP contribution >= 0.6 is 0 Å². The molecule has 0 unspecified atom stereocenters. The fraction of sp³-hybridized carbons (Fsp3) is 0.636. The summed E-state index contributed by atoms with van der Waals surface area (Å²) in [5, 5.41) is 21.6. The summed E-state index contributed by atoms with van der Waals surface area (Å²) >= 11 is 0. The third-order valence-corrected chi connectivity index (χ3v) is 2.43. The number of nitrogens with zero attached hydrogens (tertiary/aromatic N) is 3. The van der Waals surface area contributed by atoms with Crippen LogP contribution < -0.4 is 5.32 Å². The van der Waals surface area contributed by atoms with E-state index in [0.29, 0.717) is 32.7 Å². The zero-order valence-corrected chi connectivity index (χ0v) is 11.0. The second kappa shape index (κ2) is 8.99. The zero-order chi connectivity index (χ0) is 14.8. The Morgan fingerprint density at radius 3 is 3.00 bits per heavy atom. The smallest absolute Gasteiger partial charge is 0.381 e. The van der Waals surface area contributed by atoms with Crippen molar-refractivity contribution in [3.63, 3.8) is 0 Å². The Morgan fingerprint density at radius 1 is 1.55 bits per heavy atom. The number of rotatable bonds is 10. The van der Waals surface area contributed by atoms with Crippen LogP contribution in [0.3, 0.4) is 0 Å². The molecule has 0 aromatic carbocycles. The van der Waals surface area contributed by atoms with Crippen molar-refractivity contribution in [1.29, 1.82) is 0 Å². The van der Waals surface area contributed by atoms with E-state index in [1.165, 1.54) is 17.1 Å². The standard InChI is InChI=1S/C11H18N4O5/c16-5-7-20-6-1-3-12-11(17)2-4-14-8-10(13-9-14)15(18)19/h8-9,16H,1-7H2,(H,12,17). The monoisotopic (exact) mass is 286 g/mol. The lowest BCUT2D eigenvalue weighted by Gasteiger charge is -2.05. The number of aliphatic hydroxyl groups is 1. The normalized spacial score (nSPS) is 10.4. The van der Waals surface area contributed by atoms with E-state index in [0.717, 1.165) is 0 Å². The molecule has 2 N–H and O–H groups in total. The number of hydrogen-bond donors (Lipinski definition) is 2. The molecule has 0 atom stereocenters. The molecule has 9 heteroatoms. The minimum atomic E-state index is -0.580. The minimum Gasteiger partial charge on any atom is -0.394 e. The van der Waals surface area contributed by atoms with Crippen LogP contribution in [0.25, 0.3) is 0 Å². The predicted molar refractivity (Wildman–Crippen MR) is 69.0 cm³/mol. The fourth-order valence-corrected chi connectivity index (χ4v) is 1.45. The minimum absolute atomic E-state index is 0.0105. The van der Waals surface area contributed by atoms with Gasteiger partial charge in [-0.3, -0.25) is 4.79 Å². The first-order valence-corrected chi connectivity index (χ1v) is 6.25. The van der Waals surface area contributed by atoms with E-state index in [2.05, 4.69) is 10.3 Å². The molecule has 0 spiro atoms. The lowest BCUT2D eigenvalue weighted by Crippen LogP contribution is -2.26. The number of imidazole rings is 1.